The van der Waals surface area contributed by atoms with Gasteiger partial charge >= 0.3 is 60.8 Å². The van der Waals surface area contributed by atoms with Crippen LogP contribution >= 0.6 is 0 Å². The van der Waals surface area contributed by atoms with Gasteiger partial charge in [0.2, 0.25) is 0 Å². The molecule has 0 aromatic carbocycles. The Balaban J connectivity index is 0. The van der Waals surface area contributed by atoms with E-state index in [0.717, 1.165) is 0 Å². The molecule has 19 valence electrons. The molecular weight excluding hydrogens is 167 g/mol. The monoisotopic (exact) mass is 171 g/mol. The van der Waals surface area contributed by atoms with Gasteiger partial charge in [-0.2, -0.15) is 0 Å². The largest absolute Gasteiger partial charge is 2.00 e. The van der Waals surface area contributed by atoms with Crippen molar-refractivity contribution in [2.75, 3.05) is 0 Å². The summed E-state index contributed by atoms with van der Waals surface area (Å²) in [4.78, 5) is 0. The third kappa shape index (κ3) is 8.98. The summed E-state index contributed by atoms with van der Waals surface area (Å²) in [5.41, 5.74) is 0. The summed E-state index contributed by atoms with van der Waals surface area (Å²) in [6.07, 6.45) is 0. The molecule has 0 aromatic rings. The predicted molar refractivity (Wildman–Crippen MR) is 16.0 cm³/mol. The van der Waals surface area contributed by atoms with Gasteiger partial charge in [0, 0.05) is 38.8 Å². The maximum Gasteiger partial charge on any atom is 2.00 e. The Labute approximate surface area is 103 Å². The van der Waals surface area contributed by atoms with Gasteiger partial charge in [-0.1, -0.05) is 0 Å². The molecule has 0 fully saturated rings. The molecule has 0 atom stereocenters. The summed E-state index contributed by atoms with van der Waals surface area (Å²) in [5, 5.41) is 0. The predicted octanol–water partition coefficient (Wildman–Crippen LogP) is -0.317. The molecule has 0 saturated heterocycles. The molecule has 0 nitrogen and oxygen atoms in total. The van der Waals surface area contributed by atoms with Gasteiger partial charge in [-0.05, 0) is 0 Å². The number of rotatable bonds is 0. The van der Waals surface area contributed by atoms with Crippen LogP contribution in [-0.4, -0.2) is 60.8 Å². The van der Waals surface area contributed by atoms with Crippen molar-refractivity contribution in [1.29, 1.82) is 0 Å². The Morgan fingerprint density at radius 2 is 1.25 bits per heavy atom. The van der Waals surface area contributed by atoms with Crippen molar-refractivity contribution < 1.29 is 44.5 Å². The van der Waals surface area contributed by atoms with E-state index in [2.05, 4.69) is 0 Å². The van der Waals surface area contributed by atoms with E-state index in [1.54, 1.807) is 0 Å². The normalized spacial score (nSPS) is 0. The molecule has 4 heavy (non-hydrogen) atoms. The van der Waals surface area contributed by atoms with Crippen molar-refractivity contribution in [3.8, 4) is 0 Å². The SMILES string of the molecule is [Ca+2].[H-].[H-].[H-].[H-].[Mg+2].[Mn].[Ti]. The Bertz CT molecular complexity index is 16.0. The molecule has 0 saturated carbocycles. The van der Waals surface area contributed by atoms with Crippen LogP contribution in [0, 0.1) is 0 Å². The van der Waals surface area contributed by atoms with E-state index in [1.807, 2.05) is 0 Å². The van der Waals surface area contributed by atoms with Crippen molar-refractivity contribution >= 4 is 60.8 Å². The average Bonchev–Trinajstić information content (AvgIpc) is 0. The molecule has 0 aliphatic heterocycles. The molecule has 0 amide bonds. The fraction of sp³-hybridized carbons (Fsp3) is 0. The van der Waals surface area contributed by atoms with Crippen LogP contribution in [-0.2, 0) is 38.8 Å². The quantitative estimate of drug-likeness (QED) is 0.438. The number of hydrogen-bond donors (Lipinski definition) is 0. The second kappa shape index (κ2) is 16.3. The maximum absolute atomic E-state index is 0. The Hall–Kier alpha value is 3.26. The topological polar surface area (TPSA) is 0 Å². The van der Waals surface area contributed by atoms with Crippen LogP contribution in [0.2, 0.25) is 0 Å². The Kier molecular flexibility index (Phi) is 109. The second-order valence-electron chi connectivity index (χ2n) is 0. The van der Waals surface area contributed by atoms with Crippen LogP contribution in [0.15, 0.2) is 0 Å². The second-order valence-corrected chi connectivity index (χ2v) is 0. The molecule has 0 aliphatic rings. The van der Waals surface area contributed by atoms with Gasteiger partial charge in [0.15, 0.2) is 0 Å². The Morgan fingerprint density at radius 3 is 1.25 bits per heavy atom. The summed E-state index contributed by atoms with van der Waals surface area (Å²) in [5.74, 6) is 0. The van der Waals surface area contributed by atoms with E-state index in [0.29, 0.717) is 0 Å². The van der Waals surface area contributed by atoms with Gasteiger partial charge in [-0.15, -0.1) is 0 Å². The van der Waals surface area contributed by atoms with Crippen LogP contribution in [0.1, 0.15) is 5.71 Å². The van der Waals surface area contributed by atoms with Gasteiger partial charge < -0.3 is 5.71 Å². The van der Waals surface area contributed by atoms with E-state index in [1.165, 1.54) is 0 Å². The van der Waals surface area contributed by atoms with Crippen LogP contribution < -0.4 is 0 Å². The smallest absolute Gasteiger partial charge is 1.00 e. The Morgan fingerprint density at radius 1 is 1.25 bits per heavy atom. The summed E-state index contributed by atoms with van der Waals surface area (Å²) < 4.78 is 0. The maximum atomic E-state index is 0. The molecule has 0 bridgehead atoms. The zero-order valence-electron chi connectivity index (χ0n) is 6.29. The molecule has 0 heterocycles. The minimum Gasteiger partial charge on any atom is -1.00 e. The van der Waals surface area contributed by atoms with Gasteiger partial charge in [0.05, 0.1) is 0 Å². The zero-order chi connectivity index (χ0) is 0. The first-order valence-corrected chi connectivity index (χ1v) is 0. The summed E-state index contributed by atoms with van der Waals surface area (Å²) >= 11 is 0. The number of hydrogen-bond acceptors (Lipinski definition) is 0. The molecule has 4 heteroatoms. The standard InChI is InChI=1S/Ca.Mg.Mn.Ti.4H/q2*+2;;;4*-1. The van der Waals surface area contributed by atoms with Crippen molar-refractivity contribution in [2.45, 2.75) is 0 Å². The minimum absolute atomic E-state index is 0. The molecule has 0 aromatic heterocycles. The van der Waals surface area contributed by atoms with Crippen LogP contribution in [0.25, 0.3) is 0 Å². The van der Waals surface area contributed by atoms with Gasteiger partial charge in [0.25, 0.3) is 0 Å². The van der Waals surface area contributed by atoms with Crippen molar-refractivity contribution in [1.82, 2.24) is 0 Å². The molecule has 1 radical (unpaired) electrons. The van der Waals surface area contributed by atoms with Crippen molar-refractivity contribution in [2.24, 2.45) is 0 Å². The van der Waals surface area contributed by atoms with E-state index < -0.39 is 0 Å². The zero-order valence-corrected chi connectivity index (χ0v) is 8.66. The van der Waals surface area contributed by atoms with E-state index in [4.69, 9.17) is 0 Å². The van der Waals surface area contributed by atoms with E-state index in [9.17, 15) is 0 Å². The fourth-order valence-electron chi connectivity index (χ4n) is 0. The first kappa shape index (κ1) is 26.8. The molecule has 0 unspecified atom stereocenters. The van der Waals surface area contributed by atoms with Gasteiger partial charge in [-0.3, -0.25) is 0 Å². The molecule has 0 rings (SSSR count). The fourth-order valence-corrected chi connectivity index (χ4v) is 0. The molecular formula is H4CaMgMnTi. The van der Waals surface area contributed by atoms with Crippen molar-refractivity contribution in [3.63, 3.8) is 0 Å². The summed E-state index contributed by atoms with van der Waals surface area (Å²) in [7, 11) is 0. The first-order chi connectivity index (χ1) is 0. The van der Waals surface area contributed by atoms with Crippen LogP contribution in [0.3, 0.4) is 0 Å². The van der Waals surface area contributed by atoms with Gasteiger partial charge in [0.1, 0.15) is 0 Å². The summed E-state index contributed by atoms with van der Waals surface area (Å²) in [6.45, 7) is 0. The third-order valence-corrected chi connectivity index (χ3v) is 0. The summed E-state index contributed by atoms with van der Waals surface area (Å²) in [6, 6.07) is 0. The minimum atomic E-state index is 0. The van der Waals surface area contributed by atoms with E-state index in [-0.39, 0.29) is 105 Å². The average molecular weight is 171 g/mol. The van der Waals surface area contributed by atoms with Crippen LogP contribution in [0.4, 0.5) is 0 Å². The molecule has 0 N–H and O–H groups in total. The van der Waals surface area contributed by atoms with Gasteiger partial charge in [-0.25, -0.2) is 0 Å². The van der Waals surface area contributed by atoms with E-state index >= 15 is 0 Å². The van der Waals surface area contributed by atoms with Crippen LogP contribution in [0.5, 0.6) is 0 Å². The molecule has 0 aliphatic carbocycles. The third-order valence-electron chi connectivity index (χ3n) is 0. The van der Waals surface area contributed by atoms with Crippen molar-refractivity contribution in [3.05, 3.63) is 0 Å². The first-order valence-electron chi connectivity index (χ1n) is 0. The molecule has 0 spiro atoms.